The summed E-state index contributed by atoms with van der Waals surface area (Å²) in [4.78, 5) is 25.2. The van der Waals surface area contributed by atoms with Gasteiger partial charge in [-0.2, -0.15) is 0 Å². The van der Waals surface area contributed by atoms with E-state index in [-0.39, 0.29) is 11.4 Å². The van der Waals surface area contributed by atoms with Gasteiger partial charge in [0, 0.05) is 42.3 Å². The van der Waals surface area contributed by atoms with Crippen LogP contribution in [0.2, 0.25) is 0 Å². The van der Waals surface area contributed by atoms with Crippen molar-refractivity contribution < 1.29 is 8.81 Å². The minimum Gasteiger partial charge on any atom is -0.461 e. The van der Waals surface area contributed by atoms with Crippen molar-refractivity contribution in [2.24, 2.45) is 0 Å². The van der Waals surface area contributed by atoms with Gasteiger partial charge in [0.25, 0.3) is 5.56 Å². The largest absolute Gasteiger partial charge is 0.461 e. The molecule has 0 radical (unpaired) electrons. The van der Waals surface area contributed by atoms with Gasteiger partial charge in [0.15, 0.2) is 11.6 Å². The molecule has 1 aromatic carbocycles. The molecule has 0 saturated heterocycles. The van der Waals surface area contributed by atoms with Crippen LogP contribution in [0.15, 0.2) is 52.0 Å². The maximum Gasteiger partial charge on any atom is 0.254 e. The fourth-order valence-corrected chi connectivity index (χ4v) is 3.69. The molecule has 5 rings (SSSR count). The van der Waals surface area contributed by atoms with E-state index in [0.29, 0.717) is 31.1 Å². The Morgan fingerprint density at radius 1 is 1.30 bits per heavy atom. The highest BCUT2D eigenvalue weighted by Crippen LogP contribution is 2.24. The average molecular weight is 364 g/mol. The molecule has 0 amide bonds. The number of H-pyrrole nitrogens is 2. The third-order valence-corrected chi connectivity index (χ3v) is 5.03. The standard InChI is InChI=1S/C20H17FN4O2/c21-13-3-4-14-12(9-22-16(14)8-13)10-25-6-5-15-17(11-25)23-19(24-20(15)26)18-2-1-7-27-18/h1-4,7-9,22H,5-6,10-11H2,(H,23,24,26). The SMILES string of the molecule is O=c1[nH]c(-c2ccco2)nc2c1CCN(Cc1c[nH]c3cc(F)ccc13)C2. The molecule has 4 aromatic rings. The van der Waals surface area contributed by atoms with E-state index in [2.05, 4.69) is 19.9 Å². The molecule has 7 heteroatoms. The molecule has 1 aliphatic heterocycles. The maximum absolute atomic E-state index is 13.4. The number of aromatic nitrogens is 3. The summed E-state index contributed by atoms with van der Waals surface area (Å²) >= 11 is 0. The molecular formula is C20H17FN4O2. The van der Waals surface area contributed by atoms with Crippen LogP contribution in [0.1, 0.15) is 16.8 Å². The first kappa shape index (κ1) is 16.0. The number of nitrogens with one attached hydrogen (secondary N) is 2. The van der Waals surface area contributed by atoms with E-state index >= 15 is 0 Å². The predicted molar refractivity (Wildman–Crippen MR) is 98.6 cm³/mol. The zero-order valence-corrected chi connectivity index (χ0v) is 14.5. The van der Waals surface area contributed by atoms with Crippen LogP contribution >= 0.6 is 0 Å². The fourth-order valence-electron chi connectivity index (χ4n) is 3.69. The Morgan fingerprint density at radius 2 is 2.22 bits per heavy atom. The van der Waals surface area contributed by atoms with Gasteiger partial charge in [-0.05, 0) is 42.3 Å². The molecule has 0 bridgehead atoms. The lowest BCUT2D eigenvalue weighted by molar-refractivity contribution is 0.241. The number of nitrogens with zero attached hydrogens (tertiary/aromatic N) is 2. The first-order valence-corrected chi connectivity index (χ1v) is 8.81. The summed E-state index contributed by atoms with van der Waals surface area (Å²) in [6.07, 6.45) is 4.12. The second-order valence-corrected chi connectivity index (χ2v) is 6.78. The second-order valence-electron chi connectivity index (χ2n) is 6.78. The van der Waals surface area contributed by atoms with E-state index < -0.39 is 0 Å². The van der Waals surface area contributed by atoms with E-state index in [1.165, 1.54) is 12.1 Å². The molecule has 3 aromatic heterocycles. The van der Waals surface area contributed by atoms with Crippen LogP contribution in [0.3, 0.4) is 0 Å². The highest BCUT2D eigenvalue weighted by atomic mass is 19.1. The Bertz CT molecular complexity index is 1180. The first-order chi connectivity index (χ1) is 13.2. The van der Waals surface area contributed by atoms with Crippen LogP contribution in [0.4, 0.5) is 4.39 Å². The highest BCUT2D eigenvalue weighted by Gasteiger charge is 2.22. The molecule has 0 saturated carbocycles. The number of hydrogen-bond donors (Lipinski definition) is 2. The Morgan fingerprint density at radius 3 is 3.07 bits per heavy atom. The van der Waals surface area contributed by atoms with Crippen LogP contribution in [0.5, 0.6) is 0 Å². The summed E-state index contributed by atoms with van der Waals surface area (Å²) in [5.74, 6) is 0.746. The molecule has 0 unspecified atom stereocenters. The van der Waals surface area contributed by atoms with Gasteiger partial charge in [-0.1, -0.05) is 0 Å². The third-order valence-electron chi connectivity index (χ3n) is 5.03. The summed E-state index contributed by atoms with van der Waals surface area (Å²) in [5.41, 5.74) is 3.31. The second kappa shape index (κ2) is 6.21. The van der Waals surface area contributed by atoms with Gasteiger partial charge in [-0.15, -0.1) is 0 Å². The van der Waals surface area contributed by atoms with Gasteiger partial charge >= 0.3 is 0 Å². The van der Waals surface area contributed by atoms with Gasteiger partial charge in [-0.25, -0.2) is 9.37 Å². The molecule has 0 aliphatic carbocycles. The Labute approximate surface area is 153 Å². The summed E-state index contributed by atoms with van der Waals surface area (Å²) in [6.45, 7) is 2.06. The van der Waals surface area contributed by atoms with E-state index in [9.17, 15) is 9.18 Å². The molecule has 0 atom stereocenters. The molecule has 4 heterocycles. The number of rotatable bonds is 3. The summed E-state index contributed by atoms with van der Waals surface area (Å²) in [6, 6.07) is 8.31. The van der Waals surface area contributed by atoms with Crippen LogP contribution in [0, 0.1) is 5.82 Å². The van der Waals surface area contributed by atoms with Gasteiger partial charge in [0.1, 0.15) is 5.82 Å². The summed E-state index contributed by atoms with van der Waals surface area (Å²) < 4.78 is 18.7. The number of aromatic amines is 2. The van der Waals surface area contributed by atoms with E-state index in [1.807, 2.05) is 6.20 Å². The van der Waals surface area contributed by atoms with Crippen LogP contribution in [-0.4, -0.2) is 26.4 Å². The number of benzene rings is 1. The molecule has 0 spiro atoms. The Kier molecular flexibility index (Phi) is 3.68. The van der Waals surface area contributed by atoms with Crippen LogP contribution < -0.4 is 5.56 Å². The van der Waals surface area contributed by atoms with Gasteiger partial charge < -0.3 is 14.4 Å². The van der Waals surface area contributed by atoms with Crippen molar-refractivity contribution in [3.8, 4) is 11.6 Å². The van der Waals surface area contributed by atoms with Crippen molar-refractivity contribution in [3.05, 3.63) is 75.8 Å². The molecule has 0 fully saturated rings. The third kappa shape index (κ3) is 2.86. The van der Waals surface area contributed by atoms with Gasteiger partial charge in [0.2, 0.25) is 0 Å². The lowest BCUT2D eigenvalue weighted by Crippen LogP contribution is -2.35. The lowest BCUT2D eigenvalue weighted by Gasteiger charge is -2.27. The number of fused-ring (bicyclic) bond motifs is 2. The molecule has 27 heavy (non-hydrogen) atoms. The van der Waals surface area contributed by atoms with E-state index in [0.717, 1.165) is 34.3 Å². The van der Waals surface area contributed by atoms with Crippen molar-refractivity contribution in [2.75, 3.05) is 6.54 Å². The fraction of sp³-hybridized carbons (Fsp3) is 0.200. The topological polar surface area (TPSA) is 77.9 Å². The minimum atomic E-state index is -0.253. The highest BCUT2D eigenvalue weighted by molar-refractivity contribution is 5.83. The number of furan rings is 1. The van der Waals surface area contributed by atoms with Crippen molar-refractivity contribution in [1.82, 2.24) is 19.9 Å². The first-order valence-electron chi connectivity index (χ1n) is 8.81. The molecular weight excluding hydrogens is 347 g/mol. The number of halogens is 1. The Balaban J connectivity index is 1.44. The van der Waals surface area contributed by atoms with E-state index in [1.54, 1.807) is 24.5 Å². The summed E-state index contributed by atoms with van der Waals surface area (Å²) in [7, 11) is 0. The predicted octanol–water partition coefficient (Wildman–Crippen LogP) is 3.21. The van der Waals surface area contributed by atoms with Gasteiger partial charge in [-0.3, -0.25) is 9.69 Å². The van der Waals surface area contributed by atoms with Gasteiger partial charge in [0.05, 0.1) is 12.0 Å². The smallest absolute Gasteiger partial charge is 0.254 e. The van der Waals surface area contributed by atoms with Crippen molar-refractivity contribution in [2.45, 2.75) is 19.5 Å². The van der Waals surface area contributed by atoms with Crippen LogP contribution in [0.25, 0.3) is 22.5 Å². The van der Waals surface area contributed by atoms with E-state index in [4.69, 9.17) is 4.42 Å². The Hall–Kier alpha value is -3.19. The zero-order chi connectivity index (χ0) is 18.4. The molecule has 6 nitrogen and oxygen atoms in total. The normalized spacial score (nSPS) is 14.6. The maximum atomic E-state index is 13.4. The van der Waals surface area contributed by atoms with Crippen LogP contribution in [-0.2, 0) is 19.5 Å². The van der Waals surface area contributed by atoms with Crippen molar-refractivity contribution in [1.29, 1.82) is 0 Å². The quantitative estimate of drug-likeness (QED) is 0.585. The van der Waals surface area contributed by atoms with Crippen molar-refractivity contribution in [3.63, 3.8) is 0 Å². The van der Waals surface area contributed by atoms with Crippen molar-refractivity contribution >= 4 is 10.9 Å². The number of hydrogen-bond acceptors (Lipinski definition) is 4. The summed E-state index contributed by atoms with van der Waals surface area (Å²) in [5, 5.41) is 1.01. The lowest BCUT2D eigenvalue weighted by atomic mass is 10.1. The monoisotopic (exact) mass is 364 g/mol. The molecule has 1 aliphatic rings. The molecule has 2 N–H and O–H groups in total. The average Bonchev–Trinajstić information content (AvgIpc) is 3.32. The minimum absolute atomic E-state index is 0.103. The molecule has 136 valence electrons. The zero-order valence-electron chi connectivity index (χ0n) is 14.5.